The van der Waals surface area contributed by atoms with Crippen LogP contribution in [0.25, 0.3) is 0 Å². The Balaban J connectivity index is 2.42. The smallest absolute Gasteiger partial charge is 0.309 e. The molecule has 17 heavy (non-hydrogen) atoms. The van der Waals surface area contributed by atoms with Crippen LogP contribution in [-0.4, -0.2) is 31.4 Å². The van der Waals surface area contributed by atoms with Crippen LogP contribution in [0, 0.1) is 11.8 Å². The van der Waals surface area contributed by atoms with Crippen molar-refractivity contribution in [1.29, 1.82) is 0 Å². The van der Waals surface area contributed by atoms with Gasteiger partial charge in [-0.05, 0) is 18.8 Å². The number of alkyl halides is 1. The van der Waals surface area contributed by atoms with Crippen LogP contribution in [-0.2, 0) is 14.3 Å². The number of methoxy groups -OCH3 is 1. The van der Waals surface area contributed by atoms with E-state index in [1.165, 1.54) is 7.11 Å². The zero-order valence-corrected chi connectivity index (χ0v) is 11.0. The average molecular weight is 262 g/mol. The number of carbonyl (C=O) groups excluding carboxylic acids is 2. The summed E-state index contributed by atoms with van der Waals surface area (Å²) in [6.45, 7) is 0.551. The number of hydrogen-bond acceptors (Lipinski definition) is 3. The first-order valence-corrected chi connectivity index (χ1v) is 6.63. The predicted molar refractivity (Wildman–Crippen MR) is 65.8 cm³/mol. The van der Waals surface area contributed by atoms with Gasteiger partial charge in [0.2, 0.25) is 5.91 Å². The lowest BCUT2D eigenvalue weighted by atomic mass is 9.79. The van der Waals surface area contributed by atoms with Gasteiger partial charge in [-0.1, -0.05) is 12.8 Å². The minimum atomic E-state index is -0.152. The molecule has 0 aromatic rings. The Labute approximate surface area is 107 Å². The summed E-state index contributed by atoms with van der Waals surface area (Å²) in [5.41, 5.74) is 0. The Kier molecular flexibility index (Phi) is 6.34. The fourth-order valence-corrected chi connectivity index (χ4v) is 2.50. The molecule has 0 bridgehead atoms. The van der Waals surface area contributed by atoms with Gasteiger partial charge in [-0.15, -0.1) is 11.6 Å². The molecule has 0 spiro atoms. The Morgan fingerprint density at radius 3 is 2.71 bits per heavy atom. The van der Waals surface area contributed by atoms with E-state index >= 15 is 0 Å². The maximum atomic E-state index is 11.6. The second-order valence-corrected chi connectivity index (χ2v) is 4.80. The Hall–Kier alpha value is -0.770. The van der Waals surface area contributed by atoms with Crippen molar-refractivity contribution in [2.45, 2.75) is 32.1 Å². The van der Waals surface area contributed by atoms with Crippen molar-refractivity contribution in [3.05, 3.63) is 0 Å². The molecule has 5 heteroatoms. The van der Waals surface area contributed by atoms with Gasteiger partial charge in [0.05, 0.1) is 13.0 Å². The SMILES string of the molecule is COC(=O)C1CCCCC1CNC(=O)CCCl. The highest BCUT2D eigenvalue weighted by atomic mass is 35.5. The molecule has 1 fully saturated rings. The van der Waals surface area contributed by atoms with Crippen molar-refractivity contribution in [2.24, 2.45) is 11.8 Å². The molecule has 1 rings (SSSR count). The maximum Gasteiger partial charge on any atom is 0.309 e. The van der Waals surface area contributed by atoms with E-state index < -0.39 is 0 Å². The molecule has 1 amide bonds. The molecule has 1 aliphatic rings. The summed E-state index contributed by atoms with van der Waals surface area (Å²) in [7, 11) is 1.42. The summed E-state index contributed by atoms with van der Waals surface area (Å²) >= 11 is 5.48. The van der Waals surface area contributed by atoms with Gasteiger partial charge >= 0.3 is 5.97 Å². The minimum Gasteiger partial charge on any atom is -0.469 e. The van der Waals surface area contributed by atoms with Crippen LogP contribution < -0.4 is 5.32 Å². The highest BCUT2D eigenvalue weighted by molar-refractivity contribution is 6.18. The molecule has 0 radical (unpaired) electrons. The lowest BCUT2D eigenvalue weighted by Crippen LogP contribution is -2.37. The van der Waals surface area contributed by atoms with E-state index in [0.29, 0.717) is 18.8 Å². The lowest BCUT2D eigenvalue weighted by molar-refractivity contribution is -0.148. The first-order chi connectivity index (χ1) is 8.19. The molecule has 1 N–H and O–H groups in total. The monoisotopic (exact) mass is 261 g/mol. The number of esters is 1. The highest BCUT2D eigenvalue weighted by Gasteiger charge is 2.31. The summed E-state index contributed by atoms with van der Waals surface area (Å²) in [5.74, 6) is 0.271. The van der Waals surface area contributed by atoms with Gasteiger partial charge in [0.25, 0.3) is 0 Å². The van der Waals surface area contributed by atoms with Crippen molar-refractivity contribution >= 4 is 23.5 Å². The Morgan fingerprint density at radius 1 is 1.35 bits per heavy atom. The Bertz CT molecular complexity index is 270. The van der Waals surface area contributed by atoms with E-state index in [1.807, 2.05) is 0 Å². The third-order valence-corrected chi connectivity index (χ3v) is 3.48. The van der Waals surface area contributed by atoms with Crippen LogP contribution in [0.4, 0.5) is 0 Å². The van der Waals surface area contributed by atoms with E-state index in [2.05, 4.69) is 5.32 Å². The van der Waals surface area contributed by atoms with Crippen molar-refractivity contribution in [2.75, 3.05) is 19.5 Å². The third-order valence-electron chi connectivity index (χ3n) is 3.30. The van der Waals surface area contributed by atoms with Gasteiger partial charge in [-0.2, -0.15) is 0 Å². The second-order valence-electron chi connectivity index (χ2n) is 4.42. The molecule has 2 atom stereocenters. The molecule has 0 heterocycles. The third kappa shape index (κ3) is 4.54. The fraction of sp³-hybridized carbons (Fsp3) is 0.833. The van der Waals surface area contributed by atoms with Crippen LogP contribution in [0.5, 0.6) is 0 Å². The molecule has 98 valence electrons. The van der Waals surface area contributed by atoms with Crippen LogP contribution in [0.3, 0.4) is 0 Å². The van der Waals surface area contributed by atoms with Crippen LogP contribution in [0.2, 0.25) is 0 Å². The average Bonchev–Trinajstić information content (AvgIpc) is 2.36. The van der Waals surface area contributed by atoms with Crippen LogP contribution >= 0.6 is 11.6 Å². The number of nitrogens with one attached hydrogen (secondary N) is 1. The first kappa shape index (κ1) is 14.3. The molecule has 0 aromatic heterocycles. The maximum absolute atomic E-state index is 11.6. The predicted octanol–water partition coefficient (Wildman–Crippen LogP) is 1.71. The van der Waals surface area contributed by atoms with Gasteiger partial charge in [-0.3, -0.25) is 9.59 Å². The zero-order chi connectivity index (χ0) is 12.7. The molecule has 1 saturated carbocycles. The van der Waals surface area contributed by atoms with Crippen molar-refractivity contribution in [3.8, 4) is 0 Å². The van der Waals surface area contributed by atoms with Crippen LogP contribution in [0.15, 0.2) is 0 Å². The van der Waals surface area contributed by atoms with Gasteiger partial charge in [-0.25, -0.2) is 0 Å². The standard InChI is InChI=1S/C12H20ClNO3/c1-17-12(16)10-5-3-2-4-9(10)8-14-11(15)6-7-13/h9-10H,2-8H2,1H3,(H,14,15). The molecule has 1 aliphatic carbocycles. The second kappa shape index (κ2) is 7.54. The number of ether oxygens (including phenoxy) is 1. The molecule has 4 nitrogen and oxygen atoms in total. The largest absolute Gasteiger partial charge is 0.469 e. The Morgan fingerprint density at radius 2 is 2.06 bits per heavy atom. The van der Waals surface area contributed by atoms with E-state index in [0.717, 1.165) is 25.7 Å². The molecular formula is C12H20ClNO3. The lowest BCUT2D eigenvalue weighted by Gasteiger charge is -2.29. The van der Waals surface area contributed by atoms with E-state index in [1.54, 1.807) is 0 Å². The van der Waals surface area contributed by atoms with E-state index in [-0.39, 0.29) is 23.7 Å². The van der Waals surface area contributed by atoms with Crippen molar-refractivity contribution in [1.82, 2.24) is 5.32 Å². The van der Waals surface area contributed by atoms with Gasteiger partial charge in [0.1, 0.15) is 0 Å². The molecule has 2 unspecified atom stereocenters. The minimum absolute atomic E-state index is 0.0470. The molecule has 0 aliphatic heterocycles. The number of halogens is 1. The summed E-state index contributed by atoms with van der Waals surface area (Å²) in [6, 6.07) is 0. The summed E-state index contributed by atoms with van der Waals surface area (Å²) in [6.07, 6.45) is 4.34. The topological polar surface area (TPSA) is 55.4 Å². The molecular weight excluding hydrogens is 242 g/mol. The van der Waals surface area contributed by atoms with Gasteiger partial charge in [0, 0.05) is 18.8 Å². The summed E-state index contributed by atoms with van der Waals surface area (Å²) in [5, 5.41) is 2.83. The van der Waals surface area contributed by atoms with Gasteiger partial charge < -0.3 is 10.1 Å². The van der Waals surface area contributed by atoms with E-state index in [4.69, 9.17) is 16.3 Å². The van der Waals surface area contributed by atoms with Crippen molar-refractivity contribution < 1.29 is 14.3 Å². The first-order valence-electron chi connectivity index (χ1n) is 6.09. The summed E-state index contributed by atoms with van der Waals surface area (Å²) in [4.78, 5) is 22.9. The molecule has 0 aromatic carbocycles. The van der Waals surface area contributed by atoms with Crippen molar-refractivity contribution in [3.63, 3.8) is 0 Å². The number of amides is 1. The van der Waals surface area contributed by atoms with Crippen LogP contribution in [0.1, 0.15) is 32.1 Å². The quantitative estimate of drug-likeness (QED) is 0.606. The number of hydrogen-bond donors (Lipinski definition) is 1. The highest BCUT2D eigenvalue weighted by Crippen LogP contribution is 2.30. The van der Waals surface area contributed by atoms with Gasteiger partial charge in [0.15, 0.2) is 0 Å². The summed E-state index contributed by atoms with van der Waals surface area (Å²) < 4.78 is 4.80. The fourth-order valence-electron chi connectivity index (χ4n) is 2.33. The molecule has 0 saturated heterocycles. The normalized spacial score (nSPS) is 24.1. The van der Waals surface area contributed by atoms with E-state index in [9.17, 15) is 9.59 Å². The number of rotatable bonds is 5. The number of carbonyl (C=O) groups is 2. The zero-order valence-electron chi connectivity index (χ0n) is 10.2.